The molecule has 0 bridgehead atoms. The fourth-order valence-corrected chi connectivity index (χ4v) is 3.37. The molecule has 0 saturated carbocycles. The van der Waals surface area contributed by atoms with Crippen molar-refractivity contribution >= 4 is 17.8 Å². The van der Waals surface area contributed by atoms with Crippen LogP contribution in [0.2, 0.25) is 0 Å². The van der Waals surface area contributed by atoms with Crippen LogP contribution in [0.4, 0.5) is 29.5 Å². The van der Waals surface area contributed by atoms with E-state index in [0.717, 1.165) is 12.1 Å². The van der Waals surface area contributed by atoms with Crippen molar-refractivity contribution in [2.24, 2.45) is 5.92 Å². The predicted molar refractivity (Wildman–Crippen MR) is 102 cm³/mol. The SMILES string of the molecule is CNc1nc(C)nc(N2CCC(C(=O)NCc3cc(F)ccc3C(F)(F)F)CC2)n1. The summed E-state index contributed by atoms with van der Waals surface area (Å²) in [7, 11) is 1.71. The summed E-state index contributed by atoms with van der Waals surface area (Å²) in [5, 5.41) is 5.38. The number of aromatic nitrogens is 3. The summed E-state index contributed by atoms with van der Waals surface area (Å²) in [4.78, 5) is 27.2. The van der Waals surface area contributed by atoms with Crippen LogP contribution >= 0.6 is 0 Å². The van der Waals surface area contributed by atoms with Gasteiger partial charge in [0.15, 0.2) is 0 Å². The molecule has 0 atom stereocenters. The van der Waals surface area contributed by atoms with Crippen molar-refractivity contribution in [3.8, 4) is 0 Å². The molecule has 30 heavy (non-hydrogen) atoms. The number of hydrogen-bond acceptors (Lipinski definition) is 6. The van der Waals surface area contributed by atoms with Crippen molar-refractivity contribution in [3.05, 3.63) is 41.0 Å². The second kappa shape index (κ2) is 8.80. The fourth-order valence-electron chi connectivity index (χ4n) is 3.37. The third-order valence-electron chi connectivity index (χ3n) is 4.93. The standard InChI is InChI=1S/C19H22F4N6O/c1-11-26-17(24-2)28-18(27-11)29-7-5-12(6-8-29)16(30)25-10-13-9-14(20)3-4-15(13)19(21,22)23/h3-4,9,12H,5-8,10H2,1-2H3,(H,25,30)(H,24,26,27,28). The first-order valence-electron chi connectivity index (χ1n) is 9.46. The van der Waals surface area contributed by atoms with Gasteiger partial charge >= 0.3 is 6.18 Å². The molecule has 2 heterocycles. The van der Waals surface area contributed by atoms with E-state index in [4.69, 9.17) is 0 Å². The molecule has 0 spiro atoms. The number of carbonyl (C=O) groups excluding carboxylic acids is 1. The quantitative estimate of drug-likeness (QED) is 0.716. The Labute approximate surface area is 170 Å². The van der Waals surface area contributed by atoms with Crippen LogP contribution in [0, 0.1) is 18.7 Å². The Morgan fingerprint density at radius 3 is 2.53 bits per heavy atom. The number of aryl methyl sites for hydroxylation is 1. The van der Waals surface area contributed by atoms with Crippen molar-refractivity contribution in [3.63, 3.8) is 0 Å². The molecule has 162 valence electrons. The van der Waals surface area contributed by atoms with Crippen LogP contribution < -0.4 is 15.5 Å². The highest BCUT2D eigenvalue weighted by molar-refractivity contribution is 5.79. The van der Waals surface area contributed by atoms with Gasteiger partial charge in [-0.1, -0.05) is 0 Å². The van der Waals surface area contributed by atoms with E-state index in [1.807, 2.05) is 4.90 Å². The summed E-state index contributed by atoms with van der Waals surface area (Å²) in [6, 6.07) is 2.24. The maximum absolute atomic E-state index is 13.4. The topological polar surface area (TPSA) is 83.0 Å². The van der Waals surface area contributed by atoms with Gasteiger partial charge in [-0.15, -0.1) is 0 Å². The highest BCUT2D eigenvalue weighted by Gasteiger charge is 2.34. The number of benzene rings is 1. The van der Waals surface area contributed by atoms with Gasteiger partial charge in [0, 0.05) is 32.6 Å². The average molecular weight is 426 g/mol. The molecule has 1 aliphatic rings. The first-order valence-corrected chi connectivity index (χ1v) is 9.46. The molecule has 0 radical (unpaired) electrons. The Kier molecular flexibility index (Phi) is 6.37. The second-order valence-electron chi connectivity index (χ2n) is 7.03. The van der Waals surface area contributed by atoms with Gasteiger partial charge in [0.25, 0.3) is 0 Å². The van der Waals surface area contributed by atoms with E-state index in [1.54, 1.807) is 14.0 Å². The predicted octanol–water partition coefficient (Wildman–Crippen LogP) is 2.91. The number of nitrogens with zero attached hydrogens (tertiary/aromatic N) is 4. The summed E-state index contributed by atoms with van der Waals surface area (Å²) in [5.41, 5.74) is -1.25. The lowest BCUT2D eigenvalue weighted by molar-refractivity contribution is -0.138. The monoisotopic (exact) mass is 426 g/mol. The number of carbonyl (C=O) groups is 1. The lowest BCUT2D eigenvalue weighted by atomic mass is 9.96. The number of amides is 1. The number of nitrogens with one attached hydrogen (secondary N) is 2. The number of halogens is 4. The van der Waals surface area contributed by atoms with Crippen molar-refractivity contribution < 1.29 is 22.4 Å². The molecule has 0 aliphatic carbocycles. The lowest BCUT2D eigenvalue weighted by Crippen LogP contribution is -2.41. The number of anilines is 2. The number of piperidine rings is 1. The van der Waals surface area contributed by atoms with Gasteiger partial charge in [0.1, 0.15) is 11.6 Å². The first-order chi connectivity index (χ1) is 14.2. The zero-order valence-corrected chi connectivity index (χ0v) is 16.6. The van der Waals surface area contributed by atoms with E-state index in [9.17, 15) is 22.4 Å². The Morgan fingerprint density at radius 1 is 1.20 bits per heavy atom. The molecule has 2 N–H and O–H groups in total. The first kappa shape index (κ1) is 21.7. The molecule has 1 aromatic carbocycles. The Morgan fingerprint density at radius 2 is 1.90 bits per heavy atom. The summed E-state index contributed by atoms with van der Waals surface area (Å²) in [6.07, 6.45) is -3.62. The molecule has 1 saturated heterocycles. The molecule has 1 fully saturated rings. The summed E-state index contributed by atoms with van der Waals surface area (Å²) in [5.74, 6) is 0.0489. The number of rotatable bonds is 5. The molecule has 2 aromatic rings. The van der Waals surface area contributed by atoms with Crippen LogP contribution in [0.25, 0.3) is 0 Å². The zero-order chi connectivity index (χ0) is 21.9. The number of alkyl halides is 3. The zero-order valence-electron chi connectivity index (χ0n) is 16.6. The molecule has 7 nitrogen and oxygen atoms in total. The third-order valence-corrected chi connectivity index (χ3v) is 4.93. The van der Waals surface area contributed by atoms with E-state index in [1.165, 1.54) is 0 Å². The average Bonchev–Trinajstić information content (AvgIpc) is 2.70. The van der Waals surface area contributed by atoms with Crippen LogP contribution in [-0.4, -0.2) is 41.0 Å². The van der Waals surface area contributed by atoms with Gasteiger partial charge in [-0.2, -0.15) is 28.1 Å². The Balaban J connectivity index is 1.59. The smallest absolute Gasteiger partial charge is 0.357 e. The summed E-state index contributed by atoms with van der Waals surface area (Å²) in [6.45, 7) is 2.43. The van der Waals surface area contributed by atoms with E-state index >= 15 is 0 Å². The highest BCUT2D eigenvalue weighted by atomic mass is 19.4. The van der Waals surface area contributed by atoms with E-state index < -0.39 is 17.6 Å². The highest BCUT2D eigenvalue weighted by Crippen LogP contribution is 2.32. The normalized spacial score (nSPS) is 15.2. The van der Waals surface area contributed by atoms with E-state index in [2.05, 4.69) is 25.6 Å². The Bertz CT molecular complexity index is 912. The largest absolute Gasteiger partial charge is 0.416 e. The van der Waals surface area contributed by atoms with Gasteiger partial charge in [-0.05, 0) is 43.5 Å². The molecule has 1 aromatic heterocycles. The maximum Gasteiger partial charge on any atom is 0.416 e. The minimum Gasteiger partial charge on any atom is -0.357 e. The van der Waals surface area contributed by atoms with Crippen molar-refractivity contribution in [2.45, 2.75) is 32.5 Å². The summed E-state index contributed by atoms with van der Waals surface area (Å²) < 4.78 is 52.6. The van der Waals surface area contributed by atoms with Gasteiger partial charge in [-0.25, -0.2) is 4.39 Å². The summed E-state index contributed by atoms with van der Waals surface area (Å²) >= 11 is 0. The minimum absolute atomic E-state index is 0.298. The van der Waals surface area contributed by atoms with E-state index in [-0.39, 0.29) is 23.9 Å². The second-order valence-corrected chi connectivity index (χ2v) is 7.03. The molecular weight excluding hydrogens is 404 g/mol. The molecule has 3 rings (SSSR count). The van der Waals surface area contributed by atoms with Crippen LogP contribution in [0.1, 0.15) is 29.8 Å². The Hall–Kier alpha value is -2.98. The minimum atomic E-state index is -4.62. The van der Waals surface area contributed by atoms with Crippen molar-refractivity contribution in [1.29, 1.82) is 0 Å². The van der Waals surface area contributed by atoms with Crippen LogP contribution in [0.5, 0.6) is 0 Å². The lowest BCUT2D eigenvalue weighted by Gasteiger charge is -2.31. The van der Waals surface area contributed by atoms with Gasteiger partial charge in [0.2, 0.25) is 17.8 Å². The van der Waals surface area contributed by atoms with Crippen LogP contribution in [0.15, 0.2) is 18.2 Å². The molecule has 0 unspecified atom stereocenters. The van der Waals surface area contributed by atoms with Gasteiger partial charge in [-0.3, -0.25) is 4.79 Å². The van der Waals surface area contributed by atoms with Crippen molar-refractivity contribution in [2.75, 3.05) is 30.4 Å². The maximum atomic E-state index is 13.4. The fraction of sp³-hybridized carbons (Fsp3) is 0.474. The molecule has 1 aliphatic heterocycles. The van der Waals surface area contributed by atoms with Gasteiger partial charge < -0.3 is 15.5 Å². The van der Waals surface area contributed by atoms with Gasteiger partial charge in [0.05, 0.1) is 5.56 Å². The van der Waals surface area contributed by atoms with E-state index in [0.29, 0.717) is 49.7 Å². The third kappa shape index (κ3) is 5.14. The molecule has 1 amide bonds. The molecule has 11 heteroatoms. The van der Waals surface area contributed by atoms with Crippen LogP contribution in [-0.2, 0) is 17.5 Å². The number of hydrogen-bond donors (Lipinski definition) is 2. The molecular formula is C19H22F4N6O. The van der Waals surface area contributed by atoms with Crippen molar-refractivity contribution in [1.82, 2.24) is 20.3 Å². The van der Waals surface area contributed by atoms with Crippen LogP contribution in [0.3, 0.4) is 0 Å².